The summed E-state index contributed by atoms with van der Waals surface area (Å²) < 4.78 is 6.25. The predicted molar refractivity (Wildman–Crippen MR) is 97.9 cm³/mol. The molecule has 0 aromatic heterocycles. The number of allylic oxidation sites excluding steroid dienone is 1. The maximum atomic E-state index is 11.5. The van der Waals surface area contributed by atoms with Gasteiger partial charge in [0.2, 0.25) is 0 Å². The Bertz CT molecular complexity index is 715. The molecule has 1 aliphatic heterocycles. The van der Waals surface area contributed by atoms with E-state index in [9.17, 15) is 15.0 Å². The molecule has 0 spiro atoms. The summed E-state index contributed by atoms with van der Waals surface area (Å²) in [5.41, 5.74) is 3.43. The van der Waals surface area contributed by atoms with E-state index in [0.717, 1.165) is 36.0 Å². The first kappa shape index (κ1) is 17.8. The van der Waals surface area contributed by atoms with Crippen LogP contribution in [0.2, 0.25) is 0 Å². The van der Waals surface area contributed by atoms with Gasteiger partial charge in [0, 0.05) is 0 Å². The Morgan fingerprint density at radius 2 is 2.08 bits per heavy atom. The molecule has 0 unspecified atom stereocenters. The third kappa shape index (κ3) is 3.39. The summed E-state index contributed by atoms with van der Waals surface area (Å²) in [5, 5.41) is 20.1. The highest BCUT2D eigenvalue weighted by Gasteiger charge is 2.40. The van der Waals surface area contributed by atoms with E-state index in [2.05, 4.69) is 6.92 Å². The Labute approximate surface area is 149 Å². The molecule has 1 aromatic carbocycles. The molecular weight excluding hydrogens is 316 g/mol. The number of benzene rings is 1. The third-order valence-corrected chi connectivity index (χ3v) is 5.51. The summed E-state index contributed by atoms with van der Waals surface area (Å²) in [7, 11) is 0. The van der Waals surface area contributed by atoms with Crippen LogP contribution < -0.4 is 4.74 Å². The zero-order valence-electron chi connectivity index (χ0n) is 15.4. The minimum atomic E-state index is -0.756. The number of phenols is 1. The minimum absolute atomic E-state index is 0.220. The number of carboxylic acid groups (broad SMARTS) is 1. The molecule has 1 aliphatic carbocycles. The summed E-state index contributed by atoms with van der Waals surface area (Å²) in [6, 6.07) is 3.85. The van der Waals surface area contributed by atoms with Crippen molar-refractivity contribution in [3.05, 3.63) is 28.8 Å². The van der Waals surface area contributed by atoms with E-state index in [-0.39, 0.29) is 11.7 Å². The number of rotatable bonds is 5. The minimum Gasteiger partial charge on any atom is -0.507 e. The van der Waals surface area contributed by atoms with Gasteiger partial charge in [-0.25, -0.2) is 0 Å². The average molecular weight is 344 g/mol. The van der Waals surface area contributed by atoms with Gasteiger partial charge in [-0.15, -0.1) is 0 Å². The molecule has 25 heavy (non-hydrogen) atoms. The summed E-state index contributed by atoms with van der Waals surface area (Å²) in [6.45, 7) is 6.24. The van der Waals surface area contributed by atoms with Gasteiger partial charge in [-0.3, -0.25) is 4.79 Å². The van der Waals surface area contributed by atoms with Crippen molar-refractivity contribution in [1.82, 2.24) is 0 Å². The van der Waals surface area contributed by atoms with E-state index in [4.69, 9.17) is 4.74 Å². The van der Waals surface area contributed by atoms with Crippen LogP contribution in [-0.2, 0) is 11.2 Å². The molecule has 3 rings (SSSR count). The molecule has 0 fully saturated rings. The van der Waals surface area contributed by atoms with E-state index in [1.807, 2.05) is 26.0 Å². The molecule has 0 saturated carbocycles. The SMILES string of the molecule is CCCCCc1cc(O)c2c(c1)OC(C)(C)C1=C2C[C@H](C(=O)O)CC1. The van der Waals surface area contributed by atoms with Crippen molar-refractivity contribution in [3.8, 4) is 11.5 Å². The van der Waals surface area contributed by atoms with Crippen LogP contribution in [0, 0.1) is 5.92 Å². The molecule has 1 atom stereocenters. The third-order valence-electron chi connectivity index (χ3n) is 5.51. The number of ether oxygens (including phenoxy) is 1. The Kier molecular flexibility index (Phi) is 4.81. The highest BCUT2D eigenvalue weighted by molar-refractivity contribution is 5.84. The van der Waals surface area contributed by atoms with Gasteiger partial charge in [0.15, 0.2) is 0 Å². The Hall–Kier alpha value is -1.97. The fraction of sp³-hybridized carbons (Fsp3) is 0.571. The quantitative estimate of drug-likeness (QED) is 0.743. The number of fused-ring (bicyclic) bond motifs is 2. The fourth-order valence-corrected chi connectivity index (χ4v) is 4.17. The molecule has 0 radical (unpaired) electrons. The number of carbonyl (C=O) groups is 1. The zero-order valence-corrected chi connectivity index (χ0v) is 15.4. The summed E-state index contributed by atoms with van der Waals surface area (Å²) in [5.74, 6) is -0.225. The van der Waals surface area contributed by atoms with Crippen LogP contribution >= 0.6 is 0 Å². The van der Waals surface area contributed by atoms with Crippen molar-refractivity contribution < 1.29 is 19.7 Å². The first-order chi connectivity index (χ1) is 11.8. The number of aryl methyl sites for hydroxylation is 1. The molecule has 1 heterocycles. The molecule has 0 amide bonds. The van der Waals surface area contributed by atoms with Crippen molar-refractivity contribution in [3.63, 3.8) is 0 Å². The second-order valence-electron chi connectivity index (χ2n) is 7.79. The second kappa shape index (κ2) is 6.74. The van der Waals surface area contributed by atoms with Gasteiger partial charge >= 0.3 is 5.97 Å². The molecule has 4 nitrogen and oxygen atoms in total. The Balaban J connectivity index is 2.01. The number of carboxylic acids is 1. The first-order valence-electron chi connectivity index (χ1n) is 9.34. The maximum Gasteiger partial charge on any atom is 0.306 e. The zero-order chi connectivity index (χ0) is 18.2. The Morgan fingerprint density at radius 1 is 1.32 bits per heavy atom. The van der Waals surface area contributed by atoms with Crippen molar-refractivity contribution in [2.24, 2.45) is 5.92 Å². The molecule has 0 saturated heterocycles. The van der Waals surface area contributed by atoms with Gasteiger partial charge in [-0.2, -0.15) is 0 Å². The number of phenolic OH excluding ortho intramolecular Hbond substituents is 1. The lowest BCUT2D eigenvalue weighted by molar-refractivity contribution is -0.141. The van der Waals surface area contributed by atoms with Gasteiger partial charge in [0.25, 0.3) is 0 Å². The number of hydrogen-bond donors (Lipinski definition) is 2. The van der Waals surface area contributed by atoms with E-state index in [1.54, 1.807) is 0 Å². The topological polar surface area (TPSA) is 66.8 Å². The van der Waals surface area contributed by atoms with E-state index in [0.29, 0.717) is 30.6 Å². The summed E-state index contributed by atoms with van der Waals surface area (Å²) >= 11 is 0. The first-order valence-corrected chi connectivity index (χ1v) is 9.34. The maximum absolute atomic E-state index is 11.5. The van der Waals surface area contributed by atoms with Crippen LogP contribution in [0.15, 0.2) is 17.7 Å². The van der Waals surface area contributed by atoms with Gasteiger partial charge < -0.3 is 14.9 Å². The molecular formula is C21H28O4. The van der Waals surface area contributed by atoms with Gasteiger partial charge in [0.05, 0.1) is 11.5 Å². The lowest BCUT2D eigenvalue weighted by Crippen LogP contribution is -2.37. The lowest BCUT2D eigenvalue weighted by atomic mass is 9.74. The van der Waals surface area contributed by atoms with E-state index in [1.165, 1.54) is 6.42 Å². The van der Waals surface area contributed by atoms with Crippen molar-refractivity contribution in [1.29, 1.82) is 0 Å². The van der Waals surface area contributed by atoms with Crippen LogP contribution in [-0.4, -0.2) is 21.8 Å². The molecule has 136 valence electrons. The van der Waals surface area contributed by atoms with Gasteiger partial charge in [-0.05, 0) is 74.8 Å². The Morgan fingerprint density at radius 3 is 2.76 bits per heavy atom. The average Bonchev–Trinajstić information content (AvgIpc) is 2.53. The molecule has 1 aromatic rings. The predicted octanol–water partition coefficient (Wildman–Crippen LogP) is 4.93. The van der Waals surface area contributed by atoms with E-state index < -0.39 is 11.6 Å². The molecule has 2 aliphatic rings. The monoisotopic (exact) mass is 344 g/mol. The summed E-state index contributed by atoms with van der Waals surface area (Å²) in [6.07, 6.45) is 6.14. The second-order valence-corrected chi connectivity index (χ2v) is 7.79. The molecule has 4 heteroatoms. The largest absolute Gasteiger partial charge is 0.507 e. The van der Waals surface area contributed by atoms with Crippen molar-refractivity contribution in [2.45, 2.75) is 71.3 Å². The standard InChI is InChI=1S/C21H28O4/c1-4-5-6-7-13-10-17(22)19-15-12-14(20(23)24)8-9-16(15)21(2,3)25-18(19)11-13/h10-11,14,22H,4-9,12H2,1-3H3,(H,23,24)/t14-/m1/s1. The normalized spacial score (nSPS) is 21.3. The van der Waals surface area contributed by atoms with Crippen molar-refractivity contribution >= 4 is 11.5 Å². The molecule has 0 bridgehead atoms. The smallest absolute Gasteiger partial charge is 0.306 e. The van der Waals surface area contributed by atoms with Crippen LogP contribution in [0.5, 0.6) is 11.5 Å². The highest BCUT2D eigenvalue weighted by Crippen LogP contribution is 2.51. The van der Waals surface area contributed by atoms with Gasteiger partial charge in [0.1, 0.15) is 17.1 Å². The van der Waals surface area contributed by atoms with E-state index >= 15 is 0 Å². The van der Waals surface area contributed by atoms with Crippen LogP contribution in [0.4, 0.5) is 0 Å². The number of hydrogen-bond acceptors (Lipinski definition) is 3. The van der Waals surface area contributed by atoms with Gasteiger partial charge in [-0.1, -0.05) is 19.8 Å². The van der Waals surface area contributed by atoms with Crippen LogP contribution in [0.25, 0.3) is 5.57 Å². The lowest BCUT2D eigenvalue weighted by Gasteiger charge is -2.41. The molecule has 2 N–H and O–H groups in total. The van der Waals surface area contributed by atoms with Crippen molar-refractivity contribution in [2.75, 3.05) is 0 Å². The number of aromatic hydroxyl groups is 1. The van der Waals surface area contributed by atoms with Crippen LogP contribution in [0.1, 0.15) is 70.4 Å². The highest BCUT2D eigenvalue weighted by atomic mass is 16.5. The summed E-state index contributed by atoms with van der Waals surface area (Å²) in [4.78, 5) is 11.5. The van der Waals surface area contributed by atoms with Crippen LogP contribution in [0.3, 0.4) is 0 Å². The fourth-order valence-electron chi connectivity index (χ4n) is 4.17. The number of unbranched alkanes of at least 4 members (excludes halogenated alkanes) is 2. The number of aliphatic carboxylic acids is 1.